The second-order valence-corrected chi connectivity index (χ2v) is 3.50. The highest BCUT2D eigenvalue weighted by Gasteiger charge is 2.12. The van der Waals surface area contributed by atoms with Crippen LogP contribution in [0.1, 0.15) is 25.3 Å². The lowest BCUT2D eigenvalue weighted by atomic mass is 10.0. The maximum Gasteiger partial charge on any atom is 0.236 e. The number of carbonyl (C=O) groups is 1. The van der Waals surface area contributed by atoms with Crippen LogP contribution in [0.3, 0.4) is 0 Å². The molecule has 82 valence electrons. The zero-order valence-electron chi connectivity index (χ0n) is 8.82. The van der Waals surface area contributed by atoms with Gasteiger partial charge >= 0.3 is 0 Å². The van der Waals surface area contributed by atoms with Gasteiger partial charge in [-0.15, -0.1) is 0 Å². The van der Waals surface area contributed by atoms with Crippen LogP contribution in [-0.2, 0) is 4.79 Å². The van der Waals surface area contributed by atoms with E-state index in [-0.39, 0.29) is 12.5 Å². The first-order valence-corrected chi connectivity index (χ1v) is 4.65. The van der Waals surface area contributed by atoms with Crippen LogP contribution in [0.2, 0.25) is 0 Å². The number of anilines is 2. The molecular weight excluding hydrogens is 194 g/mol. The van der Waals surface area contributed by atoms with E-state index < -0.39 is 5.91 Å². The minimum atomic E-state index is -0.443. The van der Waals surface area contributed by atoms with Gasteiger partial charge in [-0.25, -0.2) is 9.97 Å². The van der Waals surface area contributed by atoms with E-state index in [1.807, 2.05) is 13.8 Å². The van der Waals surface area contributed by atoms with Crippen molar-refractivity contribution in [3.05, 3.63) is 11.9 Å². The molecule has 1 aromatic heterocycles. The van der Waals surface area contributed by atoms with Crippen LogP contribution in [0.4, 0.5) is 11.6 Å². The van der Waals surface area contributed by atoms with Gasteiger partial charge in [-0.05, 0) is 5.92 Å². The molecule has 6 nitrogen and oxygen atoms in total. The highest BCUT2D eigenvalue weighted by molar-refractivity contribution is 5.79. The molecule has 0 unspecified atom stereocenters. The van der Waals surface area contributed by atoms with Gasteiger partial charge in [0.15, 0.2) is 0 Å². The van der Waals surface area contributed by atoms with Gasteiger partial charge in [0.1, 0.15) is 18.0 Å². The molecule has 0 fully saturated rings. The Labute approximate surface area is 88.1 Å². The van der Waals surface area contributed by atoms with Crippen molar-refractivity contribution in [3.63, 3.8) is 0 Å². The molecule has 0 aliphatic heterocycles. The monoisotopic (exact) mass is 209 g/mol. The van der Waals surface area contributed by atoms with E-state index in [1.165, 1.54) is 6.33 Å². The van der Waals surface area contributed by atoms with Crippen molar-refractivity contribution in [2.75, 3.05) is 17.6 Å². The lowest BCUT2D eigenvalue weighted by Gasteiger charge is -2.13. The summed E-state index contributed by atoms with van der Waals surface area (Å²) in [6.45, 7) is 3.99. The molecule has 1 heterocycles. The number of aromatic nitrogens is 2. The van der Waals surface area contributed by atoms with Gasteiger partial charge in [0.05, 0.1) is 6.54 Å². The third-order valence-electron chi connectivity index (χ3n) is 1.92. The first kappa shape index (κ1) is 11.2. The van der Waals surface area contributed by atoms with Crippen molar-refractivity contribution in [3.8, 4) is 0 Å². The summed E-state index contributed by atoms with van der Waals surface area (Å²) in [5.74, 6) is 0.728. The van der Waals surface area contributed by atoms with E-state index in [0.29, 0.717) is 11.6 Å². The zero-order valence-corrected chi connectivity index (χ0v) is 8.82. The minimum absolute atomic E-state index is 0.0379. The molecule has 1 aromatic rings. The summed E-state index contributed by atoms with van der Waals surface area (Å²) in [4.78, 5) is 18.5. The van der Waals surface area contributed by atoms with Gasteiger partial charge < -0.3 is 16.8 Å². The van der Waals surface area contributed by atoms with Crippen molar-refractivity contribution >= 4 is 17.5 Å². The summed E-state index contributed by atoms with van der Waals surface area (Å²) >= 11 is 0. The van der Waals surface area contributed by atoms with Crippen molar-refractivity contribution < 1.29 is 4.79 Å². The molecule has 0 bridgehead atoms. The van der Waals surface area contributed by atoms with E-state index in [2.05, 4.69) is 15.3 Å². The van der Waals surface area contributed by atoms with Crippen molar-refractivity contribution in [1.82, 2.24) is 9.97 Å². The number of hydrogen-bond acceptors (Lipinski definition) is 5. The molecule has 1 amide bonds. The Morgan fingerprint density at radius 3 is 2.73 bits per heavy atom. The number of nitrogens with zero attached hydrogens (tertiary/aromatic N) is 2. The number of nitrogens with one attached hydrogen (secondary N) is 1. The molecule has 1 rings (SSSR count). The highest BCUT2D eigenvalue weighted by Crippen LogP contribution is 2.25. The molecule has 0 aromatic carbocycles. The topological polar surface area (TPSA) is 107 Å². The average molecular weight is 209 g/mol. The Bertz CT molecular complexity index is 364. The molecule has 0 radical (unpaired) electrons. The van der Waals surface area contributed by atoms with Crippen LogP contribution in [-0.4, -0.2) is 22.4 Å². The summed E-state index contributed by atoms with van der Waals surface area (Å²) in [6, 6.07) is 0. The third kappa shape index (κ3) is 2.80. The molecule has 0 spiro atoms. The fraction of sp³-hybridized carbons (Fsp3) is 0.444. The number of nitrogens with two attached hydrogens (primary N) is 2. The summed E-state index contributed by atoms with van der Waals surface area (Å²) in [7, 11) is 0. The number of amides is 1. The Morgan fingerprint density at radius 1 is 1.53 bits per heavy atom. The first-order chi connectivity index (χ1) is 7.02. The van der Waals surface area contributed by atoms with Crippen molar-refractivity contribution in [2.24, 2.45) is 5.73 Å². The highest BCUT2D eigenvalue weighted by atomic mass is 16.1. The van der Waals surface area contributed by atoms with E-state index >= 15 is 0 Å². The number of rotatable bonds is 4. The molecule has 6 heteroatoms. The van der Waals surface area contributed by atoms with Crippen LogP contribution in [0.5, 0.6) is 0 Å². The van der Waals surface area contributed by atoms with E-state index in [9.17, 15) is 4.79 Å². The number of primary amides is 1. The van der Waals surface area contributed by atoms with Gasteiger partial charge in [-0.1, -0.05) is 13.8 Å². The first-order valence-electron chi connectivity index (χ1n) is 4.65. The summed E-state index contributed by atoms with van der Waals surface area (Å²) in [6.07, 6.45) is 1.35. The molecular formula is C9H15N5O. The standard InChI is InChI=1S/C9H15N5O/c1-5(2)7-8(11)13-4-14-9(7)12-3-6(10)15/h4-5H,3H2,1-2H3,(H2,10,15)(H3,11,12,13,14). The average Bonchev–Trinajstić information content (AvgIpc) is 2.13. The maximum absolute atomic E-state index is 10.6. The molecule has 0 aliphatic carbocycles. The maximum atomic E-state index is 10.6. The van der Waals surface area contributed by atoms with Gasteiger partial charge in [-0.3, -0.25) is 4.79 Å². The SMILES string of the molecule is CC(C)c1c(N)ncnc1NCC(N)=O. The fourth-order valence-electron chi connectivity index (χ4n) is 1.29. The fourth-order valence-corrected chi connectivity index (χ4v) is 1.29. The summed E-state index contributed by atoms with van der Waals surface area (Å²) < 4.78 is 0. The van der Waals surface area contributed by atoms with E-state index in [0.717, 1.165) is 5.56 Å². The van der Waals surface area contributed by atoms with Crippen LogP contribution in [0.15, 0.2) is 6.33 Å². The third-order valence-corrected chi connectivity index (χ3v) is 1.92. The van der Waals surface area contributed by atoms with Crippen LogP contribution in [0.25, 0.3) is 0 Å². The van der Waals surface area contributed by atoms with Gasteiger partial charge in [0, 0.05) is 5.56 Å². The lowest BCUT2D eigenvalue weighted by Crippen LogP contribution is -2.23. The van der Waals surface area contributed by atoms with Gasteiger partial charge in [0.2, 0.25) is 5.91 Å². The smallest absolute Gasteiger partial charge is 0.236 e. The molecule has 0 atom stereocenters. The van der Waals surface area contributed by atoms with Crippen molar-refractivity contribution in [1.29, 1.82) is 0 Å². The molecule has 15 heavy (non-hydrogen) atoms. The van der Waals surface area contributed by atoms with E-state index in [4.69, 9.17) is 11.5 Å². The Morgan fingerprint density at radius 2 is 2.20 bits per heavy atom. The number of nitrogen functional groups attached to an aromatic ring is 1. The number of hydrogen-bond donors (Lipinski definition) is 3. The van der Waals surface area contributed by atoms with Crippen LogP contribution >= 0.6 is 0 Å². The number of carbonyl (C=O) groups excluding carboxylic acids is 1. The molecule has 0 aliphatic rings. The predicted molar refractivity (Wildman–Crippen MR) is 58.2 cm³/mol. The Balaban J connectivity index is 2.95. The zero-order chi connectivity index (χ0) is 11.4. The Hall–Kier alpha value is -1.85. The minimum Gasteiger partial charge on any atom is -0.383 e. The van der Waals surface area contributed by atoms with Crippen molar-refractivity contribution in [2.45, 2.75) is 19.8 Å². The predicted octanol–water partition coefficient (Wildman–Crippen LogP) is 0.0794. The summed E-state index contributed by atoms with van der Waals surface area (Å²) in [5.41, 5.74) is 11.6. The molecule has 0 saturated heterocycles. The normalized spacial score (nSPS) is 10.3. The van der Waals surface area contributed by atoms with Crippen LogP contribution in [0, 0.1) is 0 Å². The second kappa shape index (κ2) is 4.59. The Kier molecular flexibility index (Phi) is 3.43. The second-order valence-electron chi connectivity index (χ2n) is 3.50. The lowest BCUT2D eigenvalue weighted by molar-refractivity contribution is -0.116. The molecule has 5 N–H and O–H groups in total. The van der Waals surface area contributed by atoms with Gasteiger partial charge in [0.25, 0.3) is 0 Å². The molecule has 0 saturated carbocycles. The quantitative estimate of drug-likeness (QED) is 0.651. The van der Waals surface area contributed by atoms with Crippen LogP contribution < -0.4 is 16.8 Å². The largest absolute Gasteiger partial charge is 0.383 e. The summed E-state index contributed by atoms with van der Waals surface area (Å²) in [5, 5.41) is 2.83. The van der Waals surface area contributed by atoms with E-state index in [1.54, 1.807) is 0 Å². The van der Waals surface area contributed by atoms with Gasteiger partial charge in [-0.2, -0.15) is 0 Å².